The lowest BCUT2D eigenvalue weighted by Crippen LogP contribution is -2.47. The first kappa shape index (κ1) is 14.6. The lowest BCUT2D eigenvalue weighted by molar-refractivity contribution is 0.258. The molecule has 106 valence electrons. The van der Waals surface area contributed by atoms with Crippen LogP contribution in [0, 0.1) is 5.92 Å². The monoisotopic (exact) mass is 292 g/mol. The van der Waals surface area contributed by atoms with Crippen molar-refractivity contribution in [2.45, 2.75) is 24.6 Å². The highest BCUT2D eigenvalue weighted by atomic mass is 32.2. The minimum Gasteiger partial charge on any atom is -0.316 e. The first-order valence-corrected chi connectivity index (χ1v) is 9.89. The van der Waals surface area contributed by atoms with Crippen molar-refractivity contribution < 1.29 is 8.42 Å². The van der Waals surface area contributed by atoms with Gasteiger partial charge in [-0.25, -0.2) is 8.42 Å². The summed E-state index contributed by atoms with van der Waals surface area (Å²) in [6, 6.07) is 0. The average molecular weight is 292 g/mol. The molecule has 0 bridgehead atoms. The lowest BCUT2D eigenvalue weighted by atomic mass is 10.0. The lowest BCUT2D eigenvalue weighted by Gasteiger charge is -2.34. The van der Waals surface area contributed by atoms with Crippen molar-refractivity contribution in [3.63, 3.8) is 0 Å². The van der Waals surface area contributed by atoms with E-state index in [4.69, 9.17) is 0 Å². The van der Waals surface area contributed by atoms with Gasteiger partial charge in [-0.15, -0.1) is 0 Å². The van der Waals surface area contributed by atoms with Crippen molar-refractivity contribution in [2.24, 2.45) is 5.92 Å². The number of rotatable bonds is 5. The van der Waals surface area contributed by atoms with E-state index in [1.165, 1.54) is 19.1 Å². The van der Waals surface area contributed by atoms with Crippen LogP contribution in [0.4, 0.5) is 0 Å². The van der Waals surface area contributed by atoms with Crippen LogP contribution >= 0.6 is 11.8 Å². The Bertz CT molecular complexity index is 353. The molecule has 18 heavy (non-hydrogen) atoms. The average Bonchev–Trinajstić information content (AvgIpc) is 2.81. The number of thioether (sulfide) groups is 1. The van der Waals surface area contributed by atoms with Crippen molar-refractivity contribution in [2.75, 3.05) is 43.9 Å². The number of hydrogen-bond acceptors (Lipinski definition) is 5. The number of nitrogens with one attached hydrogen (secondary N) is 1. The third-order valence-electron chi connectivity index (χ3n) is 3.90. The second kappa shape index (κ2) is 6.59. The first-order chi connectivity index (χ1) is 8.57. The maximum atomic E-state index is 11.8. The molecule has 2 rings (SSSR count). The van der Waals surface area contributed by atoms with Crippen molar-refractivity contribution >= 4 is 21.6 Å². The third kappa shape index (κ3) is 4.11. The molecule has 6 heteroatoms. The SMILES string of the molecule is CS(=O)(=O)C1CSCCN1CCCC1CCNC1. The molecule has 2 saturated heterocycles. The predicted octanol–water partition coefficient (Wildman–Crippen LogP) is 0.796. The number of sulfone groups is 1. The molecule has 0 radical (unpaired) electrons. The van der Waals surface area contributed by atoms with Crippen LogP contribution in [0.1, 0.15) is 19.3 Å². The smallest absolute Gasteiger partial charge is 0.164 e. The Morgan fingerprint density at radius 3 is 2.94 bits per heavy atom. The Kier molecular flexibility index (Phi) is 5.35. The van der Waals surface area contributed by atoms with Gasteiger partial charge in [0.15, 0.2) is 9.84 Å². The molecule has 0 saturated carbocycles. The number of hydrogen-bond donors (Lipinski definition) is 1. The summed E-state index contributed by atoms with van der Waals surface area (Å²) in [5, 5.41) is 3.13. The molecule has 2 unspecified atom stereocenters. The third-order valence-corrected chi connectivity index (χ3v) is 6.59. The van der Waals surface area contributed by atoms with E-state index in [1.807, 2.05) is 0 Å². The van der Waals surface area contributed by atoms with Crippen molar-refractivity contribution in [3.8, 4) is 0 Å². The van der Waals surface area contributed by atoms with Crippen LogP contribution < -0.4 is 5.32 Å². The maximum absolute atomic E-state index is 11.8. The van der Waals surface area contributed by atoms with Gasteiger partial charge in [-0.3, -0.25) is 4.90 Å². The van der Waals surface area contributed by atoms with E-state index >= 15 is 0 Å². The summed E-state index contributed by atoms with van der Waals surface area (Å²) in [6.07, 6.45) is 5.01. The molecule has 1 N–H and O–H groups in total. The summed E-state index contributed by atoms with van der Waals surface area (Å²) in [6.45, 7) is 4.16. The van der Waals surface area contributed by atoms with Crippen LogP contribution in [-0.4, -0.2) is 62.6 Å². The summed E-state index contributed by atoms with van der Waals surface area (Å²) in [5.41, 5.74) is 0. The fourth-order valence-electron chi connectivity index (χ4n) is 2.81. The van der Waals surface area contributed by atoms with Gasteiger partial charge in [0, 0.05) is 24.3 Å². The molecule has 4 nitrogen and oxygen atoms in total. The molecule has 0 aromatic rings. The molecule has 2 atom stereocenters. The molecule has 2 heterocycles. The first-order valence-electron chi connectivity index (χ1n) is 6.79. The Balaban J connectivity index is 1.78. The van der Waals surface area contributed by atoms with Gasteiger partial charge in [-0.05, 0) is 44.8 Å². The highest BCUT2D eigenvalue weighted by Gasteiger charge is 2.30. The molecule has 2 fully saturated rings. The van der Waals surface area contributed by atoms with Crippen molar-refractivity contribution in [1.82, 2.24) is 10.2 Å². The molecule has 0 amide bonds. The van der Waals surface area contributed by atoms with Crippen LogP contribution in [0.15, 0.2) is 0 Å². The van der Waals surface area contributed by atoms with Gasteiger partial charge in [0.05, 0.1) is 0 Å². The zero-order valence-electron chi connectivity index (χ0n) is 11.1. The van der Waals surface area contributed by atoms with Gasteiger partial charge in [0.2, 0.25) is 0 Å². The highest BCUT2D eigenvalue weighted by Crippen LogP contribution is 2.22. The van der Waals surface area contributed by atoms with Gasteiger partial charge < -0.3 is 5.32 Å². The quantitative estimate of drug-likeness (QED) is 0.812. The zero-order valence-corrected chi connectivity index (χ0v) is 12.7. The molecular weight excluding hydrogens is 268 g/mol. The minimum atomic E-state index is -2.93. The Hall–Kier alpha value is 0.220. The maximum Gasteiger partial charge on any atom is 0.164 e. The van der Waals surface area contributed by atoms with Gasteiger partial charge in [-0.1, -0.05) is 0 Å². The molecule has 0 spiro atoms. The second-order valence-corrected chi connectivity index (χ2v) is 8.75. The molecule has 0 aromatic carbocycles. The highest BCUT2D eigenvalue weighted by molar-refractivity contribution is 8.00. The summed E-state index contributed by atoms with van der Waals surface area (Å²) in [5.74, 6) is 2.61. The molecular formula is C12H24N2O2S2. The fourth-order valence-corrected chi connectivity index (χ4v) is 5.78. The van der Waals surface area contributed by atoms with E-state index in [1.54, 1.807) is 11.8 Å². The van der Waals surface area contributed by atoms with Crippen molar-refractivity contribution in [1.29, 1.82) is 0 Å². The van der Waals surface area contributed by atoms with E-state index in [2.05, 4.69) is 10.2 Å². The van der Waals surface area contributed by atoms with Crippen LogP contribution in [0.5, 0.6) is 0 Å². The molecule has 0 aliphatic carbocycles. The van der Waals surface area contributed by atoms with Crippen LogP contribution in [-0.2, 0) is 9.84 Å². The predicted molar refractivity (Wildman–Crippen MR) is 77.7 cm³/mol. The van der Waals surface area contributed by atoms with Crippen LogP contribution in [0.25, 0.3) is 0 Å². The molecule has 2 aliphatic heterocycles. The Morgan fingerprint density at radius 2 is 2.28 bits per heavy atom. The van der Waals surface area contributed by atoms with Gasteiger partial charge in [0.1, 0.15) is 5.37 Å². The fraction of sp³-hybridized carbons (Fsp3) is 1.00. The van der Waals surface area contributed by atoms with Crippen molar-refractivity contribution in [3.05, 3.63) is 0 Å². The van der Waals surface area contributed by atoms with Crippen LogP contribution in [0.2, 0.25) is 0 Å². The topological polar surface area (TPSA) is 49.4 Å². The van der Waals surface area contributed by atoms with Gasteiger partial charge >= 0.3 is 0 Å². The zero-order chi connectivity index (χ0) is 13.0. The Morgan fingerprint density at radius 1 is 1.44 bits per heavy atom. The normalized spacial score (nSPS) is 30.7. The van der Waals surface area contributed by atoms with E-state index in [0.29, 0.717) is 0 Å². The second-order valence-electron chi connectivity index (χ2n) is 5.40. The summed E-state index contributed by atoms with van der Waals surface area (Å²) in [7, 11) is -2.93. The summed E-state index contributed by atoms with van der Waals surface area (Å²) < 4.78 is 23.5. The number of nitrogens with zero attached hydrogens (tertiary/aromatic N) is 1. The Labute approximate surface area is 115 Å². The van der Waals surface area contributed by atoms with E-state index < -0.39 is 9.84 Å². The molecule has 0 aromatic heterocycles. The van der Waals surface area contributed by atoms with E-state index in [-0.39, 0.29) is 5.37 Å². The minimum absolute atomic E-state index is 0.252. The largest absolute Gasteiger partial charge is 0.316 e. The summed E-state index contributed by atoms with van der Waals surface area (Å²) >= 11 is 1.76. The van der Waals surface area contributed by atoms with Gasteiger partial charge in [-0.2, -0.15) is 11.8 Å². The van der Waals surface area contributed by atoms with Gasteiger partial charge in [0.25, 0.3) is 0 Å². The standard InChI is InChI=1S/C12H24N2O2S2/c1-18(15,16)12-10-17-8-7-14(12)6-2-3-11-4-5-13-9-11/h11-13H,2-10H2,1H3. The van der Waals surface area contributed by atoms with Crippen LogP contribution in [0.3, 0.4) is 0 Å². The van der Waals surface area contributed by atoms with E-state index in [9.17, 15) is 8.42 Å². The summed E-state index contributed by atoms with van der Waals surface area (Å²) in [4.78, 5) is 2.17. The molecule has 2 aliphatic rings. The van der Waals surface area contributed by atoms with E-state index in [0.717, 1.165) is 50.0 Å².